The lowest BCUT2D eigenvalue weighted by atomic mass is 10.1. The fourth-order valence-electron chi connectivity index (χ4n) is 4.97. The van der Waals surface area contributed by atoms with Crippen LogP contribution in [0.2, 0.25) is 0 Å². The second-order valence-corrected chi connectivity index (χ2v) is 11.1. The molecule has 42 heavy (non-hydrogen) atoms. The number of anilines is 2. The smallest absolute Gasteiger partial charge is 0.186 e. The molecule has 0 bridgehead atoms. The van der Waals surface area contributed by atoms with Crippen molar-refractivity contribution in [3.8, 4) is 11.3 Å². The number of thiazole rings is 1. The molecule has 0 saturated heterocycles. The fourth-order valence-corrected chi connectivity index (χ4v) is 5.84. The predicted octanol–water partition coefficient (Wildman–Crippen LogP) is 6.71. The van der Waals surface area contributed by atoms with E-state index < -0.39 is 5.97 Å². The third-order valence-corrected chi connectivity index (χ3v) is 8.13. The highest BCUT2D eigenvalue weighted by atomic mass is 32.1. The van der Waals surface area contributed by atoms with E-state index in [1.807, 2.05) is 36.4 Å². The van der Waals surface area contributed by atoms with Gasteiger partial charge >= 0.3 is 0 Å². The van der Waals surface area contributed by atoms with E-state index in [0.717, 1.165) is 52.5 Å². The zero-order valence-corrected chi connectivity index (χ0v) is 23.8. The van der Waals surface area contributed by atoms with Crippen LogP contribution in [0.1, 0.15) is 22.3 Å². The summed E-state index contributed by atoms with van der Waals surface area (Å²) in [6.07, 6.45) is 2.27. The monoisotopic (exact) mass is 572 g/mol. The van der Waals surface area contributed by atoms with E-state index >= 15 is 0 Å². The van der Waals surface area contributed by atoms with Gasteiger partial charge in [0.1, 0.15) is 5.58 Å². The van der Waals surface area contributed by atoms with Gasteiger partial charge < -0.3 is 24.5 Å². The Morgan fingerprint density at radius 2 is 1.62 bits per heavy atom. The summed E-state index contributed by atoms with van der Waals surface area (Å²) in [4.78, 5) is 18.3. The van der Waals surface area contributed by atoms with Crippen LogP contribution in [-0.2, 0) is 30.7 Å². The Balaban J connectivity index is 1.12. The topological polar surface area (TPSA) is 81.4 Å². The number of fused-ring (bicyclic) bond motifs is 1. The Morgan fingerprint density at radius 1 is 0.881 bits per heavy atom. The first-order chi connectivity index (χ1) is 20.6. The van der Waals surface area contributed by atoms with E-state index in [2.05, 4.69) is 82.3 Å². The predicted molar refractivity (Wildman–Crippen MR) is 167 cm³/mol. The number of nitrogens with one attached hydrogen (secondary N) is 1. The molecule has 2 heterocycles. The Hall–Kier alpha value is -4.88. The summed E-state index contributed by atoms with van der Waals surface area (Å²) in [7, 11) is 0. The SMILES string of the molecule is O=C([O-])Cc1coc2cc(NCc3ccc(CN(CCc4ccccc4)c4nc(-c5ccccc5)cs4)cc3)ccc12. The Labute approximate surface area is 248 Å². The van der Waals surface area contributed by atoms with Crippen LogP contribution in [0.15, 0.2) is 119 Å². The third kappa shape index (κ3) is 6.70. The second kappa shape index (κ2) is 12.7. The van der Waals surface area contributed by atoms with Gasteiger partial charge in [0.05, 0.1) is 12.0 Å². The number of hydrogen-bond acceptors (Lipinski definition) is 7. The van der Waals surface area contributed by atoms with Gasteiger partial charge in [-0.3, -0.25) is 0 Å². The van der Waals surface area contributed by atoms with Gasteiger partial charge in [0, 0.05) is 65.7 Å². The summed E-state index contributed by atoms with van der Waals surface area (Å²) in [5.74, 6) is -1.12. The second-order valence-electron chi connectivity index (χ2n) is 10.2. The number of hydrogen-bond donors (Lipinski definition) is 1. The quantitative estimate of drug-likeness (QED) is 0.176. The number of aromatic nitrogens is 1. The molecule has 4 aromatic carbocycles. The lowest BCUT2D eigenvalue weighted by Crippen LogP contribution is -2.25. The number of carboxylic acid groups (broad SMARTS) is 1. The van der Waals surface area contributed by atoms with Gasteiger partial charge in [0.2, 0.25) is 0 Å². The molecule has 0 fully saturated rings. The number of carboxylic acids is 1. The van der Waals surface area contributed by atoms with Crippen molar-refractivity contribution in [2.75, 3.05) is 16.8 Å². The maximum Gasteiger partial charge on any atom is 0.186 e. The van der Waals surface area contributed by atoms with Crippen LogP contribution in [0.5, 0.6) is 0 Å². The van der Waals surface area contributed by atoms with Crippen LogP contribution in [0, 0.1) is 0 Å². The van der Waals surface area contributed by atoms with Gasteiger partial charge in [-0.25, -0.2) is 4.98 Å². The van der Waals surface area contributed by atoms with Crippen LogP contribution >= 0.6 is 11.3 Å². The van der Waals surface area contributed by atoms with Crippen LogP contribution in [0.25, 0.3) is 22.2 Å². The van der Waals surface area contributed by atoms with Crippen molar-refractivity contribution in [2.45, 2.75) is 25.9 Å². The summed E-state index contributed by atoms with van der Waals surface area (Å²) in [6, 6.07) is 35.3. The van der Waals surface area contributed by atoms with Crippen molar-refractivity contribution in [2.24, 2.45) is 0 Å². The molecule has 6 rings (SSSR count). The van der Waals surface area contributed by atoms with E-state index in [4.69, 9.17) is 9.40 Å². The van der Waals surface area contributed by atoms with E-state index in [-0.39, 0.29) is 6.42 Å². The molecule has 7 heteroatoms. The van der Waals surface area contributed by atoms with E-state index in [1.54, 1.807) is 11.3 Å². The van der Waals surface area contributed by atoms with Crippen molar-refractivity contribution < 1.29 is 14.3 Å². The number of carbonyl (C=O) groups is 1. The molecule has 0 amide bonds. The molecular formula is C35H30N3O3S-. The largest absolute Gasteiger partial charge is 0.550 e. The summed E-state index contributed by atoms with van der Waals surface area (Å²) in [6.45, 7) is 2.30. The maximum atomic E-state index is 11.0. The third-order valence-electron chi connectivity index (χ3n) is 7.23. The summed E-state index contributed by atoms with van der Waals surface area (Å²) in [5, 5.41) is 18.4. The molecule has 0 radical (unpaired) electrons. The minimum absolute atomic E-state index is 0.160. The molecule has 210 valence electrons. The number of nitrogens with zero attached hydrogens (tertiary/aromatic N) is 2. The van der Waals surface area contributed by atoms with E-state index in [1.165, 1.54) is 17.4 Å². The van der Waals surface area contributed by atoms with Gasteiger partial charge in [-0.2, -0.15) is 0 Å². The van der Waals surface area contributed by atoms with Crippen molar-refractivity contribution in [3.05, 3.63) is 137 Å². The molecule has 0 aliphatic rings. The van der Waals surface area contributed by atoms with Crippen LogP contribution in [0.3, 0.4) is 0 Å². The first kappa shape index (κ1) is 27.3. The molecule has 0 spiro atoms. The first-order valence-corrected chi connectivity index (χ1v) is 14.8. The number of benzene rings is 4. The zero-order chi connectivity index (χ0) is 28.7. The van der Waals surface area contributed by atoms with Gasteiger partial charge in [0.15, 0.2) is 5.13 Å². The lowest BCUT2D eigenvalue weighted by molar-refractivity contribution is -0.304. The molecule has 0 unspecified atom stereocenters. The molecule has 1 N–H and O–H groups in total. The minimum Gasteiger partial charge on any atom is -0.550 e. The van der Waals surface area contributed by atoms with Crippen LogP contribution in [-0.4, -0.2) is 17.5 Å². The van der Waals surface area contributed by atoms with Gasteiger partial charge in [-0.05, 0) is 35.2 Å². The van der Waals surface area contributed by atoms with Crippen molar-refractivity contribution in [1.29, 1.82) is 0 Å². The normalized spacial score (nSPS) is 11.0. The summed E-state index contributed by atoms with van der Waals surface area (Å²) in [5.41, 5.74) is 8.01. The molecular weight excluding hydrogens is 542 g/mol. The van der Waals surface area contributed by atoms with Crippen molar-refractivity contribution in [1.82, 2.24) is 4.98 Å². The van der Waals surface area contributed by atoms with E-state index in [0.29, 0.717) is 17.7 Å². The highest BCUT2D eigenvalue weighted by Crippen LogP contribution is 2.29. The van der Waals surface area contributed by atoms with E-state index in [9.17, 15) is 9.90 Å². The van der Waals surface area contributed by atoms with Gasteiger partial charge in [-0.1, -0.05) is 84.9 Å². The van der Waals surface area contributed by atoms with Crippen LogP contribution in [0.4, 0.5) is 10.8 Å². The fraction of sp³-hybridized carbons (Fsp3) is 0.143. The molecule has 6 aromatic rings. The minimum atomic E-state index is -1.12. The maximum absolute atomic E-state index is 11.0. The number of aliphatic carboxylic acids is 1. The average Bonchev–Trinajstić information content (AvgIpc) is 3.67. The first-order valence-electron chi connectivity index (χ1n) is 13.9. The lowest BCUT2D eigenvalue weighted by Gasteiger charge is -2.22. The van der Waals surface area contributed by atoms with Gasteiger partial charge in [-0.15, -0.1) is 11.3 Å². The Morgan fingerprint density at radius 3 is 2.38 bits per heavy atom. The molecule has 0 atom stereocenters. The summed E-state index contributed by atoms with van der Waals surface area (Å²) >= 11 is 1.69. The molecule has 0 aliphatic carbocycles. The average molecular weight is 573 g/mol. The molecule has 0 saturated carbocycles. The number of rotatable bonds is 12. The van der Waals surface area contributed by atoms with Gasteiger partial charge in [0.25, 0.3) is 0 Å². The Bertz CT molecular complexity index is 1760. The number of carbonyl (C=O) groups excluding carboxylic acids is 1. The van der Waals surface area contributed by atoms with Crippen molar-refractivity contribution >= 4 is 39.1 Å². The van der Waals surface area contributed by atoms with Crippen molar-refractivity contribution in [3.63, 3.8) is 0 Å². The number of furan rings is 1. The molecule has 0 aliphatic heterocycles. The highest BCUT2D eigenvalue weighted by Gasteiger charge is 2.14. The highest BCUT2D eigenvalue weighted by molar-refractivity contribution is 7.14. The Kier molecular flexibility index (Phi) is 8.28. The molecule has 2 aromatic heterocycles. The standard InChI is InChI=1S/C35H31N3O3S/c39-34(40)19-29-23-41-33-20-30(15-16-31(29)33)36-21-26-11-13-27(14-12-26)22-38(18-17-25-7-3-1-4-8-25)35-37-32(24-42-35)28-9-5-2-6-10-28/h1-16,20,23-24,36H,17-19,21-22H2,(H,39,40)/p-1. The van der Waals surface area contributed by atoms with Crippen LogP contribution < -0.4 is 15.3 Å². The molecule has 6 nitrogen and oxygen atoms in total. The zero-order valence-electron chi connectivity index (χ0n) is 23.0. The summed E-state index contributed by atoms with van der Waals surface area (Å²) < 4.78 is 5.57.